The molecule has 0 aliphatic carbocycles. The van der Waals surface area contributed by atoms with Crippen LogP contribution in [0, 0.1) is 0 Å². The van der Waals surface area contributed by atoms with Gasteiger partial charge in [-0.3, -0.25) is 0 Å². The monoisotopic (exact) mass is 269 g/mol. The number of ether oxygens (including phenoxy) is 2. The van der Waals surface area contributed by atoms with Crippen LogP contribution in [-0.4, -0.2) is 32.8 Å². The van der Waals surface area contributed by atoms with Crippen molar-refractivity contribution in [2.45, 2.75) is 12.5 Å². The minimum absolute atomic E-state index is 0.0756. The van der Waals surface area contributed by atoms with Gasteiger partial charge < -0.3 is 14.8 Å². The van der Waals surface area contributed by atoms with E-state index in [9.17, 15) is 4.79 Å². The van der Waals surface area contributed by atoms with Crippen molar-refractivity contribution in [2.75, 3.05) is 26.9 Å². The summed E-state index contributed by atoms with van der Waals surface area (Å²) in [6.45, 7) is 2.26. The first-order valence-corrected chi connectivity index (χ1v) is 6.29. The van der Waals surface area contributed by atoms with Gasteiger partial charge in [0.2, 0.25) is 0 Å². The predicted molar refractivity (Wildman–Crippen MR) is 69.0 cm³/mol. The molecule has 4 nitrogen and oxygen atoms in total. The molecule has 0 aromatic heterocycles. The van der Waals surface area contributed by atoms with Gasteiger partial charge in [0.05, 0.1) is 25.3 Å². The molecule has 98 valence electrons. The fraction of sp³-hybridized carbons (Fsp3) is 0.462. The van der Waals surface area contributed by atoms with Crippen LogP contribution in [0.3, 0.4) is 0 Å². The average molecular weight is 270 g/mol. The number of methoxy groups -OCH3 is 1. The van der Waals surface area contributed by atoms with Crippen molar-refractivity contribution in [1.82, 2.24) is 5.32 Å². The summed E-state index contributed by atoms with van der Waals surface area (Å²) in [5.41, 5.74) is 1.41. The minimum Gasteiger partial charge on any atom is -0.465 e. The SMILES string of the molecule is COC(=O)c1ccc(C2COCCCN2)c(Cl)c1. The van der Waals surface area contributed by atoms with E-state index in [2.05, 4.69) is 10.1 Å². The van der Waals surface area contributed by atoms with Crippen LogP contribution in [-0.2, 0) is 9.47 Å². The molecule has 1 heterocycles. The van der Waals surface area contributed by atoms with Crippen molar-refractivity contribution in [1.29, 1.82) is 0 Å². The smallest absolute Gasteiger partial charge is 0.337 e. The summed E-state index contributed by atoms with van der Waals surface area (Å²) in [6.07, 6.45) is 0.994. The summed E-state index contributed by atoms with van der Waals surface area (Å²) in [6, 6.07) is 5.28. The maximum Gasteiger partial charge on any atom is 0.337 e. The Hall–Kier alpha value is -1.10. The highest BCUT2D eigenvalue weighted by molar-refractivity contribution is 6.31. The van der Waals surface area contributed by atoms with E-state index in [0.29, 0.717) is 17.2 Å². The summed E-state index contributed by atoms with van der Waals surface area (Å²) in [4.78, 5) is 11.4. The molecule has 18 heavy (non-hydrogen) atoms. The van der Waals surface area contributed by atoms with E-state index >= 15 is 0 Å². The summed E-state index contributed by atoms with van der Waals surface area (Å²) in [5.74, 6) is -0.381. The zero-order chi connectivity index (χ0) is 13.0. The molecule has 1 saturated heterocycles. The van der Waals surface area contributed by atoms with Crippen molar-refractivity contribution in [3.63, 3.8) is 0 Å². The maximum absolute atomic E-state index is 11.4. The van der Waals surface area contributed by atoms with Crippen LogP contribution in [0.2, 0.25) is 5.02 Å². The highest BCUT2D eigenvalue weighted by Gasteiger charge is 2.18. The fourth-order valence-electron chi connectivity index (χ4n) is 1.96. The predicted octanol–water partition coefficient (Wildman–Crippen LogP) is 2.18. The normalized spacial score (nSPS) is 20.2. The second kappa shape index (κ2) is 6.18. The lowest BCUT2D eigenvalue weighted by Crippen LogP contribution is -2.23. The van der Waals surface area contributed by atoms with Crippen molar-refractivity contribution >= 4 is 17.6 Å². The summed E-state index contributed by atoms with van der Waals surface area (Å²) >= 11 is 6.21. The number of nitrogens with one attached hydrogen (secondary N) is 1. The van der Waals surface area contributed by atoms with E-state index in [4.69, 9.17) is 16.3 Å². The minimum atomic E-state index is -0.381. The lowest BCUT2D eigenvalue weighted by Gasteiger charge is -2.17. The number of carbonyl (C=O) groups is 1. The Labute approximate surface area is 111 Å². The molecule has 0 bridgehead atoms. The number of rotatable bonds is 2. The van der Waals surface area contributed by atoms with E-state index in [1.54, 1.807) is 12.1 Å². The number of hydrogen-bond acceptors (Lipinski definition) is 4. The van der Waals surface area contributed by atoms with Crippen LogP contribution >= 0.6 is 11.6 Å². The molecule has 1 atom stereocenters. The van der Waals surface area contributed by atoms with E-state index in [1.807, 2.05) is 6.07 Å². The molecule has 1 fully saturated rings. The Morgan fingerprint density at radius 3 is 3.11 bits per heavy atom. The van der Waals surface area contributed by atoms with Gasteiger partial charge in [-0.25, -0.2) is 4.79 Å². The summed E-state index contributed by atoms with van der Waals surface area (Å²) < 4.78 is 10.2. The van der Waals surface area contributed by atoms with E-state index in [-0.39, 0.29) is 12.0 Å². The molecule has 1 unspecified atom stereocenters. The van der Waals surface area contributed by atoms with Gasteiger partial charge in [0, 0.05) is 11.6 Å². The number of carbonyl (C=O) groups excluding carboxylic acids is 1. The van der Waals surface area contributed by atoms with Crippen molar-refractivity contribution in [3.05, 3.63) is 34.3 Å². The molecule has 1 N–H and O–H groups in total. The fourth-order valence-corrected chi connectivity index (χ4v) is 2.28. The number of halogens is 1. The molecule has 0 saturated carbocycles. The second-order valence-corrected chi connectivity index (χ2v) is 4.57. The highest BCUT2D eigenvalue weighted by Crippen LogP contribution is 2.25. The van der Waals surface area contributed by atoms with E-state index in [1.165, 1.54) is 7.11 Å². The zero-order valence-electron chi connectivity index (χ0n) is 10.2. The average Bonchev–Trinajstić information content (AvgIpc) is 2.66. The molecule has 1 aliphatic rings. The Balaban J connectivity index is 2.20. The van der Waals surface area contributed by atoms with Crippen molar-refractivity contribution < 1.29 is 14.3 Å². The van der Waals surface area contributed by atoms with Crippen LogP contribution in [0.4, 0.5) is 0 Å². The lowest BCUT2D eigenvalue weighted by atomic mass is 10.1. The first-order valence-electron chi connectivity index (χ1n) is 5.91. The second-order valence-electron chi connectivity index (χ2n) is 4.16. The number of esters is 1. The third-order valence-corrected chi connectivity index (χ3v) is 3.26. The topological polar surface area (TPSA) is 47.6 Å². The lowest BCUT2D eigenvalue weighted by molar-refractivity contribution is 0.0600. The largest absolute Gasteiger partial charge is 0.465 e. The molecule has 2 rings (SSSR count). The molecular weight excluding hydrogens is 254 g/mol. The van der Waals surface area contributed by atoms with E-state index in [0.717, 1.165) is 25.1 Å². The maximum atomic E-state index is 11.4. The molecule has 1 aromatic rings. The first kappa shape index (κ1) is 13.3. The first-order chi connectivity index (χ1) is 8.72. The quantitative estimate of drug-likeness (QED) is 0.836. The highest BCUT2D eigenvalue weighted by atomic mass is 35.5. The van der Waals surface area contributed by atoms with Crippen LogP contribution in [0.15, 0.2) is 18.2 Å². The van der Waals surface area contributed by atoms with Gasteiger partial charge >= 0.3 is 5.97 Å². The van der Waals surface area contributed by atoms with Crippen molar-refractivity contribution in [2.24, 2.45) is 0 Å². The molecule has 1 aromatic carbocycles. The van der Waals surface area contributed by atoms with Crippen LogP contribution in [0.5, 0.6) is 0 Å². The molecular formula is C13H16ClNO3. The molecule has 5 heteroatoms. The number of hydrogen-bond donors (Lipinski definition) is 1. The van der Waals surface area contributed by atoms with Gasteiger partial charge in [-0.1, -0.05) is 17.7 Å². The molecule has 0 spiro atoms. The third-order valence-electron chi connectivity index (χ3n) is 2.94. The Kier molecular flexibility index (Phi) is 4.58. The van der Waals surface area contributed by atoms with Crippen LogP contribution in [0.1, 0.15) is 28.4 Å². The van der Waals surface area contributed by atoms with Crippen LogP contribution in [0.25, 0.3) is 0 Å². The molecule has 1 aliphatic heterocycles. The van der Waals surface area contributed by atoms with Gasteiger partial charge in [0.15, 0.2) is 0 Å². The van der Waals surface area contributed by atoms with Gasteiger partial charge in [0.25, 0.3) is 0 Å². The van der Waals surface area contributed by atoms with Gasteiger partial charge in [0.1, 0.15) is 0 Å². The third kappa shape index (κ3) is 3.02. The molecule has 0 amide bonds. The van der Waals surface area contributed by atoms with Crippen molar-refractivity contribution in [3.8, 4) is 0 Å². The standard InChI is InChI=1S/C13H16ClNO3/c1-17-13(16)9-3-4-10(11(14)7-9)12-8-18-6-2-5-15-12/h3-4,7,12,15H,2,5-6,8H2,1H3. The number of benzene rings is 1. The van der Waals surface area contributed by atoms with Gasteiger partial charge in [-0.15, -0.1) is 0 Å². The Morgan fingerprint density at radius 2 is 2.39 bits per heavy atom. The Morgan fingerprint density at radius 1 is 1.56 bits per heavy atom. The van der Waals surface area contributed by atoms with Gasteiger partial charge in [-0.05, 0) is 30.7 Å². The summed E-state index contributed by atoms with van der Waals surface area (Å²) in [7, 11) is 1.35. The Bertz CT molecular complexity index is 428. The van der Waals surface area contributed by atoms with Gasteiger partial charge in [-0.2, -0.15) is 0 Å². The van der Waals surface area contributed by atoms with E-state index < -0.39 is 0 Å². The zero-order valence-corrected chi connectivity index (χ0v) is 11.0. The van der Waals surface area contributed by atoms with Crippen LogP contribution < -0.4 is 5.32 Å². The molecule has 0 radical (unpaired) electrons. The summed E-state index contributed by atoms with van der Waals surface area (Å²) in [5, 5.41) is 3.93.